The minimum atomic E-state index is 0.0239. The third kappa shape index (κ3) is 4.21. The second kappa shape index (κ2) is 8.71. The Balaban J connectivity index is 1.57. The van der Waals surface area contributed by atoms with E-state index in [0.29, 0.717) is 24.0 Å². The molecule has 170 valence electrons. The van der Waals surface area contributed by atoms with Gasteiger partial charge in [-0.05, 0) is 36.9 Å². The number of carbonyl (C=O) groups is 1. The number of hydrogen-bond acceptors (Lipinski definition) is 7. The largest absolute Gasteiger partial charge is 0.497 e. The standard InChI is InChI=1S/C25H28N6O2/c1-29-10-12-30(13-11-29)25-27-23(18-4-3-5-19(26)14-18)21-15-22(32)31(24(21)28-25)16-17-6-8-20(33-2)9-7-17/h3-9,14H,10-13,15-16,26H2,1-2H3. The summed E-state index contributed by atoms with van der Waals surface area (Å²) < 4.78 is 5.26. The number of methoxy groups -OCH3 is 1. The Hall–Kier alpha value is -3.65. The highest BCUT2D eigenvalue weighted by Gasteiger charge is 2.34. The number of benzene rings is 2. The van der Waals surface area contributed by atoms with Crippen molar-refractivity contribution in [3.63, 3.8) is 0 Å². The van der Waals surface area contributed by atoms with Crippen LogP contribution in [-0.4, -0.2) is 61.1 Å². The van der Waals surface area contributed by atoms with Crippen LogP contribution < -0.4 is 20.3 Å². The van der Waals surface area contributed by atoms with Crippen LogP contribution in [0.1, 0.15) is 11.1 Å². The van der Waals surface area contributed by atoms with Crippen molar-refractivity contribution >= 4 is 23.4 Å². The van der Waals surface area contributed by atoms with Gasteiger partial charge in [-0.25, -0.2) is 4.98 Å². The summed E-state index contributed by atoms with van der Waals surface area (Å²) in [6.45, 7) is 4.03. The van der Waals surface area contributed by atoms with E-state index in [2.05, 4.69) is 16.8 Å². The van der Waals surface area contributed by atoms with Gasteiger partial charge < -0.3 is 20.3 Å². The minimum absolute atomic E-state index is 0.0239. The van der Waals surface area contributed by atoms with Crippen molar-refractivity contribution in [1.29, 1.82) is 0 Å². The molecule has 1 aromatic heterocycles. The second-order valence-corrected chi connectivity index (χ2v) is 8.59. The zero-order valence-corrected chi connectivity index (χ0v) is 19.0. The lowest BCUT2D eigenvalue weighted by atomic mass is 10.0. The van der Waals surface area contributed by atoms with Crippen LogP contribution in [0, 0.1) is 0 Å². The molecule has 1 saturated heterocycles. The maximum atomic E-state index is 13.1. The summed E-state index contributed by atoms with van der Waals surface area (Å²) in [5.41, 5.74) is 10.3. The Morgan fingerprint density at radius 2 is 1.79 bits per heavy atom. The predicted octanol–water partition coefficient (Wildman–Crippen LogP) is 2.58. The number of nitrogens with zero attached hydrogens (tertiary/aromatic N) is 5. The molecule has 2 aliphatic heterocycles. The van der Waals surface area contributed by atoms with E-state index in [9.17, 15) is 4.79 Å². The predicted molar refractivity (Wildman–Crippen MR) is 129 cm³/mol. The van der Waals surface area contributed by atoms with Gasteiger partial charge in [0.05, 0.1) is 25.8 Å². The lowest BCUT2D eigenvalue weighted by Gasteiger charge is -2.33. The molecule has 0 aliphatic carbocycles. The molecule has 2 N–H and O–H groups in total. The highest BCUT2D eigenvalue weighted by Crippen LogP contribution is 2.37. The number of amides is 1. The molecule has 0 saturated carbocycles. The molecule has 33 heavy (non-hydrogen) atoms. The molecule has 0 bridgehead atoms. The summed E-state index contributed by atoms with van der Waals surface area (Å²) in [6.07, 6.45) is 0.276. The van der Waals surface area contributed by atoms with Crippen LogP contribution in [0.15, 0.2) is 48.5 Å². The number of nitrogen functional groups attached to an aromatic ring is 1. The maximum Gasteiger partial charge on any atom is 0.233 e. The molecule has 1 fully saturated rings. The third-order valence-corrected chi connectivity index (χ3v) is 6.30. The van der Waals surface area contributed by atoms with Crippen molar-refractivity contribution < 1.29 is 9.53 Å². The van der Waals surface area contributed by atoms with Gasteiger partial charge in [-0.1, -0.05) is 24.3 Å². The molecule has 0 radical (unpaired) electrons. The molecule has 8 nitrogen and oxygen atoms in total. The van der Waals surface area contributed by atoms with Crippen LogP contribution in [0.4, 0.5) is 17.5 Å². The van der Waals surface area contributed by atoms with E-state index in [1.807, 2.05) is 48.5 Å². The Labute approximate surface area is 193 Å². The Morgan fingerprint density at radius 1 is 1.03 bits per heavy atom. The van der Waals surface area contributed by atoms with Gasteiger partial charge in [0.15, 0.2) is 0 Å². The molecule has 3 heterocycles. The van der Waals surface area contributed by atoms with Crippen LogP contribution in [0.5, 0.6) is 5.75 Å². The number of nitrogens with two attached hydrogens (primary N) is 1. The minimum Gasteiger partial charge on any atom is -0.497 e. The number of likely N-dealkylation sites (N-methyl/N-ethyl adjacent to an activating group) is 1. The highest BCUT2D eigenvalue weighted by molar-refractivity contribution is 6.02. The summed E-state index contributed by atoms with van der Waals surface area (Å²) in [7, 11) is 3.76. The average Bonchev–Trinajstić information content (AvgIpc) is 3.14. The number of aromatic nitrogens is 2. The van der Waals surface area contributed by atoms with Gasteiger partial charge >= 0.3 is 0 Å². The van der Waals surface area contributed by atoms with Gasteiger partial charge in [-0.3, -0.25) is 9.69 Å². The van der Waals surface area contributed by atoms with E-state index in [1.54, 1.807) is 12.0 Å². The number of fused-ring (bicyclic) bond motifs is 1. The van der Waals surface area contributed by atoms with Crippen molar-refractivity contribution in [2.24, 2.45) is 0 Å². The van der Waals surface area contributed by atoms with E-state index in [1.165, 1.54) is 0 Å². The van der Waals surface area contributed by atoms with E-state index in [-0.39, 0.29) is 12.3 Å². The van der Waals surface area contributed by atoms with Crippen molar-refractivity contribution in [3.05, 3.63) is 59.7 Å². The van der Waals surface area contributed by atoms with Crippen LogP contribution in [0.25, 0.3) is 11.3 Å². The first-order valence-electron chi connectivity index (χ1n) is 11.2. The van der Waals surface area contributed by atoms with Crippen LogP contribution in [0.2, 0.25) is 0 Å². The smallest absolute Gasteiger partial charge is 0.233 e. The molecule has 1 amide bonds. The number of anilines is 3. The monoisotopic (exact) mass is 444 g/mol. The lowest BCUT2D eigenvalue weighted by molar-refractivity contribution is -0.117. The lowest BCUT2D eigenvalue weighted by Crippen LogP contribution is -2.45. The number of piperazine rings is 1. The quantitative estimate of drug-likeness (QED) is 0.605. The van der Waals surface area contributed by atoms with Gasteiger partial charge in [0, 0.05) is 43.0 Å². The Kier molecular flexibility index (Phi) is 5.60. The fourth-order valence-corrected chi connectivity index (χ4v) is 4.36. The zero-order valence-electron chi connectivity index (χ0n) is 19.0. The summed E-state index contributed by atoms with van der Waals surface area (Å²) in [6, 6.07) is 15.4. The van der Waals surface area contributed by atoms with E-state index in [0.717, 1.165) is 54.3 Å². The normalized spacial score (nSPS) is 16.2. The number of carbonyl (C=O) groups excluding carboxylic acids is 1. The first-order chi connectivity index (χ1) is 16.0. The first kappa shape index (κ1) is 21.2. The molecule has 0 spiro atoms. The number of ether oxygens (including phenoxy) is 1. The SMILES string of the molecule is COc1ccc(CN2C(=O)Cc3c(-c4cccc(N)c4)nc(N4CCN(C)CC4)nc32)cc1. The molecular weight excluding hydrogens is 416 g/mol. The van der Waals surface area contributed by atoms with Gasteiger partial charge in [-0.2, -0.15) is 4.98 Å². The summed E-state index contributed by atoms with van der Waals surface area (Å²) in [5.74, 6) is 2.16. The molecule has 2 aliphatic rings. The first-order valence-corrected chi connectivity index (χ1v) is 11.2. The molecule has 0 atom stereocenters. The van der Waals surface area contributed by atoms with Gasteiger partial charge in [0.1, 0.15) is 11.6 Å². The number of rotatable bonds is 5. The van der Waals surface area contributed by atoms with E-state index in [4.69, 9.17) is 20.4 Å². The number of hydrogen-bond donors (Lipinski definition) is 1. The van der Waals surface area contributed by atoms with Crippen molar-refractivity contribution in [1.82, 2.24) is 14.9 Å². The Bertz CT molecular complexity index is 1170. The van der Waals surface area contributed by atoms with Gasteiger partial charge in [0.2, 0.25) is 11.9 Å². The van der Waals surface area contributed by atoms with Crippen LogP contribution in [0.3, 0.4) is 0 Å². The molecule has 5 rings (SSSR count). The fraction of sp³-hybridized carbons (Fsp3) is 0.320. The second-order valence-electron chi connectivity index (χ2n) is 8.59. The van der Waals surface area contributed by atoms with Crippen molar-refractivity contribution in [2.45, 2.75) is 13.0 Å². The average molecular weight is 445 g/mol. The van der Waals surface area contributed by atoms with Gasteiger partial charge in [0.25, 0.3) is 0 Å². The van der Waals surface area contributed by atoms with E-state index < -0.39 is 0 Å². The molecule has 2 aromatic carbocycles. The maximum absolute atomic E-state index is 13.1. The van der Waals surface area contributed by atoms with Crippen molar-refractivity contribution in [2.75, 3.05) is 55.9 Å². The van der Waals surface area contributed by atoms with Crippen LogP contribution in [-0.2, 0) is 17.8 Å². The van der Waals surface area contributed by atoms with Gasteiger partial charge in [-0.15, -0.1) is 0 Å². The molecule has 0 unspecified atom stereocenters. The summed E-state index contributed by atoms with van der Waals surface area (Å²) >= 11 is 0. The summed E-state index contributed by atoms with van der Waals surface area (Å²) in [5, 5.41) is 0. The van der Waals surface area contributed by atoms with Crippen molar-refractivity contribution in [3.8, 4) is 17.0 Å². The topological polar surface area (TPSA) is 87.8 Å². The van der Waals surface area contributed by atoms with E-state index >= 15 is 0 Å². The highest BCUT2D eigenvalue weighted by atomic mass is 16.5. The zero-order chi connectivity index (χ0) is 22.9. The fourth-order valence-electron chi connectivity index (χ4n) is 4.36. The Morgan fingerprint density at radius 3 is 2.48 bits per heavy atom. The molecule has 3 aromatic rings. The molecule has 8 heteroatoms. The summed E-state index contributed by atoms with van der Waals surface area (Å²) in [4.78, 5) is 29.3. The van der Waals surface area contributed by atoms with Crippen LogP contribution >= 0.6 is 0 Å². The third-order valence-electron chi connectivity index (χ3n) is 6.30. The molecular formula is C25H28N6O2.